The highest BCUT2D eigenvalue weighted by atomic mass is 16.6. The van der Waals surface area contributed by atoms with Gasteiger partial charge in [-0.15, -0.1) is 0 Å². The van der Waals surface area contributed by atoms with E-state index in [1.807, 2.05) is 4.90 Å². The molecule has 2 amide bonds. The molecule has 0 bridgehead atoms. The third kappa shape index (κ3) is 3.98. The SMILES string of the molecule is O=C(Oc1ccc([N+](=O)[O-])cc1)N1CCCC2(CCN([C@H]3CC[C@H](O)CC3)C2=O)C1. The Balaban J connectivity index is 1.39. The van der Waals surface area contributed by atoms with Crippen molar-refractivity contribution in [3.05, 3.63) is 34.4 Å². The second-order valence-electron chi connectivity index (χ2n) is 8.64. The summed E-state index contributed by atoms with van der Waals surface area (Å²) < 4.78 is 5.39. The van der Waals surface area contributed by atoms with Crippen molar-refractivity contribution in [1.29, 1.82) is 0 Å². The Morgan fingerprint density at radius 3 is 2.50 bits per heavy atom. The zero-order valence-electron chi connectivity index (χ0n) is 16.9. The Labute approximate surface area is 174 Å². The van der Waals surface area contributed by atoms with Gasteiger partial charge < -0.3 is 19.6 Å². The number of hydrogen-bond donors (Lipinski definition) is 1. The van der Waals surface area contributed by atoms with E-state index in [-0.39, 0.29) is 29.5 Å². The van der Waals surface area contributed by atoms with Gasteiger partial charge in [0, 0.05) is 37.8 Å². The maximum atomic E-state index is 13.3. The molecule has 1 atom stereocenters. The lowest BCUT2D eigenvalue weighted by molar-refractivity contribution is -0.384. The number of amides is 2. The molecule has 1 aromatic rings. The largest absolute Gasteiger partial charge is 0.415 e. The van der Waals surface area contributed by atoms with E-state index >= 15 is 0 Å². The van der Waals surface area contributed by atoms with Crippen LogP contribution in [0.2, 0.25) is 0 Å². The molecule has 1 aromatic carbocycles. The summed E-state index contributed by atoms with van der Waals surface area (Å²) in [5, 5.41) is 20.5. The van der Waals surface area contributed by atoms with Crippen LogP contribution in [0, 0.1) is 15.5 Å². The molecule has 0 aromatic heterocycles. The first-order valence-corrected chi connectivity index (χ1v) is 10.6. The minimum atomic E-state index is -0.553. The molecule has 2 aliphatic heterocycles. The Kier molecular flexibility index (Phi) is 5.64. The molecule has 1 N–H and O–H groups in total. The van der Waals surface area contributed by atoms with Gasteiger partial charge in [0.05, 0.1) is 16.4 Å². The highest BCUT2D eigenvalue weighted by molar-refractivity contribution is 5.86. The second-order valence-corrected chi connectivity index (χ2v) is 8.64. The lowest BCUT2D eigenvalue weighted by Gasteiger charge is -2.39. The Morgan fingerprint density at radius 1 is 1.13 bits per heavy atom. The van der Waals surface area contributed by atoms with Gasteiger partial charge in [0.2, 0.25) is 5.91 Å². The third-order valence-corrected chi connectivity index (χ3v) is 6.74. The van der Waals surface area contributed by atoms with Crippen molar-refractivity contribution in [3.63, 3.8) is 0 Å². The van der Waals surface area contributed by atoms with Crippen molar-refractivity contribution < 1.29 is 24.4 Å². The van der Waals surface area contributed by atoms with E-state index in [2.05, 4.69) is 0 Å². The first-order chi connectivity index (χ1) is 14.4. The number of benzene rings is 1. The van der Waals surface area contributed by atoms with Crippen LogP contribution in [0.15, 0.2) is 24.3 Å². The number of aliphatic hydroxyl groups is 1. The van der Waals surface area contributed by atoms with Crippen molar-refractivity contribution in [2.75, 3.05) is 19.6 Å². The fourth-order valence-corrected chi connectivity index (χ4v) is 5.03. The van der Waals surface area contributed by atoms with Crippen LogP contribution in [0.4, 0.5) is 10.5 Å². The van der Waals surface area contributed by atoms with Gasteiger partial charge in [-0.05, 0) is 57.1 Å². The summed E-state index contributed by atoms with van der Waals surface area (Å²) in [5.74, 6) is 0.363. The van der Waals surface area contributed by atoms with Crippen LogP contribution in [-0.2, 0) is 4.79 Å². The number of nitro groups is 1. The Hall–Kier alpha value is -2.68. The zero-order valence-corrected chi connectivity index (χ0v) is 16.9. The van der Waals surface area contributed by atoms with Gasteiger partial charge in [-0.3, -0.25) is 14.9 Å². The number of piperidine rings is 1. The summed E-state index contributed by atoms with van der Waals surface area (Å²) in [6, 6.07) is 5.56. The smallest absolute Gasteiger partial charge is 0.410 e. The lowest BCUT2D eigenvalue weighted by Crippen LogP contribution is -2.52. The highest BCUT2D eigenvalue weighted by Crippen LogP contribution is 2.42. The average Bonchev–Trinajstić information content (AvgIpc) is 3.04. The van der Waals surface area contributed by atoms with Crippen LogP contribution in [0.1, 0.15) is 44.9 Å². The molecule has 1 saturated carbocycles. The number of hydrogen-bond acceptors (Lipinski definition) is 6. The van der Waals surface area contributed by atoms with E-state index in [9.17, 15) is 24.8 Å². The number of ether oxygens (including phenoxy) is 1. The minimum absolute atomic E-state index is 0.0707. The molecule has 3 fully saturated rings. The van der Waals surface area contributed by atoms with Gasteiger partial charge >= 0.3 is 6.09 Å². The summed E-state index contributed by atoms with van der Waals surface area (Å²) >= 11 is 0. The minimum Gasteiger partial charge on any atom is -0.410 e. The molecule has 2 saturated heterocycles. The fraction of sp³-hybridized carbons (Fsp3) is 0.619. The third-order valence-electron chi connectivity index (χ3n) is 6.74. The average molecular weight is 417 g/mol. The quantitative estimate of drug-likeness (QED) is 0.598. The summed E-state index contributed by atoms with van der Waals surface area (Å²) in [7, 11) is 0. The molecule has 9 heteroatoms. The van der Waals surface area contributed by atoms with Crippen molar-refractivity contribution in [2.45, 2.75) is 57.1 Å². The maximum Gasteiger partial charge on any atom is 0.415 e. The van der Waals surface area contributed by atoms with Gasteiger partial charge in [0.15, 0.2) is 0 Å². The predicted octanol–water partition coefficient (Wildman–Crippen LogP) is 2.71. The molecular formula is C21H27N3O6. The first-order valence-electron chi connectivity index (χ1n) is 10.6. The lowest BCUT2D eigenvalue weighted by atomic mass is 9.78. The maximum absolute atomic E-state index is 13.3. The molecule has 1 aliphatic carbocycles. The van der Waals surface area contributed by atoms with Crippen LogP contribution < -0.4 is 4.74 Å². The van der Waals surface area contributed by atoms with E-state index < -0.39 is 16.4 Å². The Morgan fingerprint density at radius 2 is 1.83 bits per heavy atom. The van der Waals surface area contributed by atoms with Crippen LogP contribution in [-0.4, -0.2) is 63.6 Å². The van der Waals surface area contributed by atoms with Crippen LogP contribution in [0.3, 0.4) is 0 Å². The molecule has 162 valence electrons. The molecular weight excluding hydrogens is 390 g/mol. The highest BCUT2D eigenvalue weighted by Gasteiger charge is 2.51. The first kappa shape index (κ1) is 20.6. The molecule has 0 radical (unpaired) electrons. The normalized spacial score (nSPS) is 29.3. The number of nitro benzene ring substituents is 1. The number of nitrogens with zero attached hydrogens (tertiary/aromatic N) is 3. The van der Waals surface area contributed by atoms with Gasteiger partial charge in [0.1, 0.15) is 5.75 Å². The van der Waals surface area contributed by atoms with E-state index in [0.717, 1.165) is 44.9 Å². The van der Waals surface area contributed by atoms with Crippen molar-refractivity contribution in [1.82, 2.24) is 9.80 Å². The molecule has 1 spiro atoms. The van der Waals surface area contributed by atoms with Crippen LogP contribution in [0.5, 0.6) is 5.75 Å². The molecule has 2 heterocycles. The van der Waals surface area contributed by atoms with Crippen LogP contribution >= 0.6 is 0 Å². The standard InChI is InChI=1S/C21H27N3O6/c25-17-6-2-15(3-7-17)23-13-11-21(19(23)26)10-1-12-22(14-21)20(27)30-18-8-4-16(5-9-18)24(28)29/h4-5,8-9,15,17,25H,1-3,6-7,10-14H2/t15-,17-,21?. The summed E-state index contributed by atoms with van der Waals surface area (Å²) in [5.41, 5.74) is -0.624. The van der Waals surface area contributed by atoms with E-state index in [1.54, 1.807) is 4.90 Å². The van der Waals surface area contributed by atoms with Gasteiger partial charge in [-0.25, -0.2) is 4.79 Å². The van der Waals surface area contributed by atoms with E-state index in [1.165, 1.54) is 24.3 Å². The number of likely N-dealkylation sites (tertiary alicyclic amines) is 2. The number of rotatable bonds is 3. The van der Waals surface area contributed by atoms with Crippen molar-refractivity contribution in [2.24, 2.45) is 5.41 Å². The summed E-state index contributed by atoms with van der Waals surface area (Å²) in [6.45, 7) is 1.56. The van der Waals surface area contributed by atoms with Gasteiger partial charge in [0.25, 0.3) is 5.69 Å². The van der Waals surface area contributed by atoms with Gasteiger partial charge in [-0.1, -0.05) is 0 Å². The molecule has 30 heavy (non-hydrogen) atoms. The topological polar surface area (TPSA) is 113 Å². The van der Waals surface area contributed by atoms with E-state index in [4.69, 9.17) is 4.74 Å². The zero-order chi connectivity index (χ0) is 21.3. The van der Waals surface area contributed by atoms with Gasteiger partial charge in [-0.2, -0.15) is 0 Å². The second kappa shape index (κ2) is 8.22. The fourth-order valence-electron chi connectivity index (χ4n) is 5.03. The molecule has 4 rings (SSSR count). The molecule has 3 aliphatic rings. The number of aliphatic hydroxyl groups excluding tert-OH is 1. The molecule has 9 nitrogen and oxygen atoms in total. The van der Waals surface area contributed by atoms with E-state index in [0.29, 0.717) is 19.6 Å². The van der Waals surface area contributed by atoms with Crippen molar-refractivity contribution in [3.8, 4) is 5.75 Å². The number of carbonyl (C=O) groups excluding carboxylic acids is 2. The van der Waals surface area contributed by atoms with Crippen molar-refractivity contribution >= 4 is 17.7 Å². The predicted molar refractivity (Wildman–Crippen MR) is 107 cm³/mol. The number of non-ortho nitro benzene ring substituents is 1. The van der Waals surface area contributed by atoms with Crippen LogP contribution in [0.25, 0.3) is 0 Å². The molecule has 1 unspecified atom stereocenters. The monoisotopic (exact) mass is 417 g/mol. The summed E-state index contributed by atoms with van der Waals surface area (Å²) in [4.78, 5) is 39.8. The summed E-state index contributed by atoms with van der Waals surface area (Å²) in [6.07, 6.45) is 4.56. The number of carbonyl (C=O) groups is 2. The Bertz CT molecular complexity index is 821.